The van der Waals surface area contributed by atoms with Gasteiger partial charge in [0, 0.05) is 5.56 Å². The van der Waals surface area contributed by atoms with Crippen molar-refractivity contribution in [1.82, 2.24) is 20.4 Å². The fraction of sp³-hybridized carbons (Fsp3) is 0.250. The van der Waals surface area contributed by atoms with Crippen molar-refractivity contribution < 1.29 is 13.7 Å². The molecule has 0 fully saturated rings. The summed E-state index contributed by atoms with van der Waals surface area (Å²) in [6.07, 6.45) is 1.61. The molecule has 0 spiro atoms. The molecule has 23 heavy (non-hydrogen) atoms. The number of rotatable bonds is 5. The van der Waals surface area contributed by atoms with E-state index in [1.165, 1.54) is 6.26 Å². The fourth-order valence-electron chi connectivity index (χ4n) is 2.11. The molecule has 0 aliphatic carbocycles. The lowest BCUT2D eigenvalue weighted by atomic mass is 10.2. The minimum atomic E-state index is -0.357. The molecule has 0 saturated heterocycles. The number of benzene rings is 1. The minimum Gasteiger partial charge on any atom is -0.444 e. The smallest absolute Gasteiger partial charge is 0.248 e. The van der Waals surface area contributed by atoms with Crippen LogP contribution in [0.4, 0.5) is 0 Å². The predicted molar refractivity (Wildman–Crippen MR) is 81.2 cm³/mol. The molecule has 2 aromatic heterocycles. The van der Waals surface area contributed by atoms with Gasteiger partial charge in [-0.15, -0.1) is 0 Å². The molecule has 7 nitrogen and oxygen atoms in total. The second-order valence-corrected chi connectivity index (χ2v) is 5.16. The topological polar surface area (TPSA) is 94.1 Å². The summed E-state index contributed by atoms with van der Waals surface area (Å²) in [5, 5.41) is 6.49. The van der Waals surface area contributed by atoms with Crippen molar-refractivity contribution in [2.45, 2.75) is 26.3 Å². The number of carbonyl (C=O) groups is 1. The summed E-state index contributed by atoms with van der Waals surface area (Å²) in [5.41, 5.74) is 1.43. The van der Waals surface area contributed by atoms with E-state index in [0.29, 0.717) is 23.3 Å². The molecule has 118 valence electrons. The summed E-state index contributed by atoms with van der Waals surface area (Å²) in [5.74, 6) is 1.21. The van der Waals surface area contributed by atoms with Crippen LogP contribution < -0.4 is 5.32 Å². The molecule has 0 radical (unpaired) electrons. The van der Waals surface area contributed by atoms with Crippen molar-refractivity contribution in [3.63, 3.8) is 0 Å². The van der Waals surface area contributed by atoms with Gasteiger partial charge < -0.3 is 14.3 Å². The highest BCUT2D eigenvalue weighted by Gasteiger charge is 2.17. The highest BCUT2D eigenvalue weighted by molar-refractivity contribution is 5.78. The van der Waals surface area contributed by atoms with Crippen LogP contribution in [0, 0.1) is 6.92 Å². The number of hydrogen-bond donors (Lipinski definition) is 1. The number of hydrogen-bond acceptors (Lipinski definition) is 6. The Kier molecular flexibility index (Phi) is 4.18. The number of oxazole rings is 1. The molecule has 0 unspecified atom stereocenters. The van der Waals surface area contributed by atoms with Gasteiger partial charge in [0.1, 0.15) is 12.3 Å². The lowest BCUT2D eigenvalue weighted by Gasteiger charge is -2.08. The lowest BCUT2D eigenvalue weighted by molar-refractivity contribution is -0.121. The van der Waals surface area contributed by atoms with E-state index in [1.807, 2.05) is 30.3 Å². The van der Waals surface area contributed by atoms with Crippen LogP contribution in [0.2, 0.25) is 0 Å². The van der Waals surface area contributed by atoms with Crippen molar-refractivity contribution in [3.05, 3.63) is 54.0 Å². The summed E-state index contributed by atoms with van der Waals surface area (Å²) >= 11 is 0. The number of nitrogens with zero attached hydrogens (tertiary/aromatic N) is 3. The van der Waals surface area contributed by atoms with Crippen LogP contribution in [0.25, 0.3) is 11.5 Å². The number of aryl methyl sites for hydroxylation is 1. The van der Waals surface area contributed by atoms with E-state index in [1.54, 1.807) is 13.8 Å². The molecule has 0 aliphatic heterocycles. The van der Waals surface area contributed by atoms with Crippen LogP contribution in [-0.2, 0) is 11.2 Å². The highest BCUT2D eigenvalue weighted by atomic mass is 16.5. The second-order valence-electron chi connectivity index (χ2n) is 5.16. The first-order chi connectivity index (χ1) is 11.1. The molecule has 1 amide bonds. The maximum absolute atomic E-state index is 12.1. The third kappa shape index (κ3) is 3.63. The Balaban J connectivity index is 1.61. The maximum atomic E-state index is 12.1. The minimum absolute atomic E-state index is 0.119. The van der Waals surface area contributed by atoms with Crippen molar-refractivity contribution >= 4 is 5.91 Å². The molecule has 2 heterocycles. The Bertz CT molecular complexity index is 795. The Morgan fingerprint density at radius 2 is 2.04 bits per heavy atom. The molecule has 3 aromatic rings. The normalized spacial score (nSPS) is 12.1. The quantitative estimate of drug-likeness (QED) is 0.777. The van der Waals surface area contributed by atoms with Crippen LogP contribution in [0.15, 0.2) is 45.5 Å². The average Bonchev–Trinajstić information content (AvgIpc) is 3.17. The van der Waals surface area contributed by atoms with E-state index in [2.05, 4.69) is 20.4 Å². The molecule has 1 atom stereocenters. The Morgan fingerprint density at radius 1 is 1.26 bits per heavy atom. The lowest BCUT2D eigenvalue weighted by Crippen LogP contribution is -2.28. The van der Waals surface area contributed by atoms with Gasteiger partial charge in [-0.3, -0.25) is 4.79 Å². The SMILES string of the molecule is Cc1noc([C@H](C)NC(=O)Cc2coc(-c3ccccc3)n2)n1. The summed E-state index contributed by atoms with van der Waals surface area (Å²) in [4.78, 5) is 20.5. The zero-order chi connectivity index (χ0) is 16.2. The predicted octanol–water partition coefficient (Wildman–Crippen LogP) is 2.45. The zero-order valence-corrected chi connectivity index (χ0v) is 12.8. The van der Waals surface area contributed by atoms with Gasteiger partial charge in [0.2, 0.25) is 17.7 Å². The number of aromatic nitrogens is 3. The van der Waals surface area contributed by atoms with Crippen molar-refractivity contribution in [2.75, 3.05) is 0 Å². The highest BCUT2D eigenvalue weighted by Crippen LogP contribution is 2.18. The molecule has 0 aliphatic rings. The van der Waals surface area contributed by atoms with Gasteiger partial charge >= 0.3 is 0 Å². The van der Waals surface area contributed by atoms with Gasteiger partial charge in [-0.1, -0.05) is 23.4 Å². The second kappa shape index (κ2) is 6.43. The van der Waals surface area contributed by atoms with Crippen LogP contribution in [0.5, 0.6) is 0 Å². The molecule has 3 rings (SSSR count). The first kappa shape index (κ1) is 15.0. The van der Waals surface area contributed by atoms with Gasteiger partial charge in [-0.2, -0.15) is 4.98 Å². The molecule has 0 bridgehead atoms. The van der Waals surface area contributed by atoms with E-state index < -0.39 is 0 Å². The first-order valence-electron chi connectivity index (χ1n) is 7.21. The first-order valence-corrected chi connectivity index (χ1v) is 7.21. The largest absolute Gasteiger partial charge is 0.444 e. The van der Waals surface area contributed by atoms with Crippen molar-refractivity contribution in [2.24, 2.45) is 0 Å². The number of nitrogens with one attached hydrogen (secondary N) is 1. The van der Waals surface area contributed by atoms with Crippen molar-refractivity contribution in [3.8, 4) is 11.5 Å². The molecule has 7 heteroatoms. The van der Waals surface area contributed by atoms with E-state index in [4.69, 9.17) is 8.94 Å². The average molecular weight is 312 g/mol. The van der Waals surface area contributed by atoms with Crippen LogP contribution in [0.3, 0.4) is 0 Å². The molecular formula is C16H16N4O3. The zero-order valence-electron chi connectivity index (χ0n) is 12.8. The Labute approximate surface area is 132 Å². The number of amides is 1. The van der Waals surface area contributed by atoms with Gasteiger partial charge in [-0.25, -0.2) is 4.98 Å². The molecule has 1 N–H and O–H groups in total. The van der Waals surface area contributed by atoms with Gasteiger partial charge in [0.25, 0.3) is 0 Å². The van der Waals surface area contributed by atoms with Gasteiger partial charge in [0.05, 0.1) is 12.1 Å². The van der Waals surface area contributed by atoms with Gasteiger partial charge in [-0.05, 0) is 26.0 Å². The summed E-state index contributed by atoms with van der Waals surface area (Å²) in [7, 11) is 0. The van der Waals surface area contributed by atoms with E-state index in [0.717, 1.165) is 5.56 Å². The maximum Gasteiger partial charge on any atom is 0.248 e. The molecule has 0 saturated carbocycles. The Morgan fingerprint density at radius 3 is 2.74 bits per heavy atom. The Hall–Kier alpha value is -2.96. The third-order valence-electron chi connectivity index (χ3n) is 3.21. The van der Waals surface area contributed by atoms with Crippen molar-refractivity contribution in [1.29, 1.82) is 0 Å². The van der Waals surface area contributed by atoms with E-state index >= 15 is 0 Å². The van der Waals surface area contributed by atoms with E-state index in [9.17, 15) is 4.79 Å². The summed E-state index contributed by atoms with van der Waals surface area (Å²) in [6.45, 7) is 3.51. The number of carbonyl (C=O) groups excluding carboxylic acids is 1. The van der Waals surface area contributed by atoms with E-state index in [-0.39, 0.29) is 18.4 Å². The summed E-state index contributed by atoms with van der Waals surface area (Å²) in [6, 6.07) is 9.16. The monoisotopic (exact) mass is 312 g/mol. The standard InChI is InChI=1S/C16H16N4O3/c1-10(15-18-11(2)20-23-15)17-14(21)8-13-9-22-16(19-13)12-6-4-3-5-7-12/h3-7,9-10H,8H2,1-2H3,(H,17,21)/t10-/m0/s1. The molecular weight excluding hydrogens is 296 g/mol. The molecule has 1 aromatic carbocycles. The fourth-order valence-corrected chi connectivity index (χ4v) is 2.11. The van der Waals surface area contributed by atoms with Crippen LogP contribution in [0.1, 0.15) is 30.4 Å². The van der Waals surface area contributed by atoms with Crippen LogP contribution in [-0.4, -0.2) is 21.0 Å². The van der Waals surface area contributed by atoms with Gasteiger partial charge in [0.15, 0.2) is 5.82 Å². The third-order valence-corrected chi connectivity index (χ3v) is 3.21. The summed E-state index contributed by atoms with van der Waals surface area (Å²) < 4.78 is 10.4. The van der Waals surface area contributed by atoms with Crippen LogP contribution >= 0.6 is 0 Å².